The number of rotatable bonds is 10. The van der Waals surface area contributed by atoms with E-state index in [0.29, 0.717) is 0 Å². The average molecular weight is 252 g/mol. The molecule has 1 saturated carbocycles. The van der Waals surface area contributed by atoms with E-state index in [1.54, 1.807) is 0 Å². The molecule has 1 aliphatic carbocycles. The van der Waals surface area contributed by atoms with Crippen LogP contribution in [0.15, 0.2) is 0 Å². The van der Waals surface area contributed by atoms with Crippen molar-refractivity contribution in [1.29, 1.82) is 0 Å². The van der Waals surface area contributed by atoms with Gasteiger partial charge in [0.1, 0.15) is 0 Å². The van der Waals surface area contributed by atoms with Crippen molar-refractivity contribution in [2.45, 2.75) is 70.8 Å². The first kappa shape index (κ1) is 14.3. The van der Waals surface area contributed by atoms with E-state index in [9.17, 15) is 0 Å². The summed E-state index contributed by atoms with van der Waals surface area (Å²) >= 11 is 0. The molecule has 1 aliphatic heterocycles. The highest BCUT2D eigenvalue weighted by molar-refractivity contribution is 4.82. The van der Waals surface area contributed by atoms with Gasteiger partial charge in [0.15, 0.2) is 0 Å². The third kappa shape index (κ3) is 5.71. The van der Waals surface area contributed by atoms with Gasteiger partial charge in [0.05, 0.1) is 0 Å². The highest BCUT2D eigenvalue weighted by atomic mass is 15.2. The first-order valence-electron chi connectivity index (χ1n) is 8.34. The molecule has 2 fully saturated rings. The zero-order valence-electron chi connectivity index (χ0n) is 12.3. The summed E-state index contributed by atoms with van der Waals surface area (Å²) in [5, 5.41) is 3.65. The Hall–Kier alpha value is -0.0800. The van der Waals surface area contributed by atoms with E-state index in [4.69, 9.17) is 0 Å². The standard InChI is InChI=1S/C16H32N2/c1-2-3-4-5-6-12-18(13-15-9-10-15)14-16-8-7-11-17-16/h15-17H,2-14H2,1H3. The molecule has 0 aromatic heterocycles. The van der Waals surface area contributed by atoms with E-state index >= 15 is 0 Å². The van der Waals surface area contributed by atoms with Crippen molar-refractivity contribution >= 4 is 0 Å². The molecule has 0 aromatic carbocycles. The summed E-state index contributed by atoms with van der Waals surface area (Å²) in [5.74, 6) is 1.04. The van der Waals surface area contributed by atoms with Crippen LogP contribution >= 0.6 is 0 Å². The van der Waals surface area contributed by atoms with Crippen molar-refractivity contribution in [2.75, 3.05) is 26.2 Å². The van der Waals surface area contributed by atoms with Crippen LogP contribution in [-0.4, -0.2) is 37.1 Å². The smallest absolute Gasteiger partial charge is 0.0195 e. The van der Waals surface area contributed by atoms with Crippen LogP contribution in [-0.2, 0) is 0 Å². The largest absolute Gasteiger partial charge is 0.313 e. The van der Waals surface area contributed by atoms with Gasteiger partial charge in [-0.3, -0.25) is 0 Å². The summed E-state index contributed by atoms with van der Waals surface area (Å²) in [4.78, 5) is 2.76. The van der Waals surface area contributed by atoms with Gasteiger partial charge in [-0.1, -0.05) is 32.6 Å². The second-order valence-electron chi connectivity index (χ2n) is 6.41. The lowest BCUT2D eigenvalue weighted by Gasteiger charge is -2.25. The maximum absolute atomic E-state index is 3.65. The minimum Gasteiger partial charge on any atom is -0.313 e. The monoisotopic (exact) mass is 252 g/mol. The molecule has 0 amide bonds. The number of nitrogens with zero attached hydrogens (tertiary/aromatic N) is 1. The maximum atomic E-state index is 3.65. The van der Waals surface area contributed by atoms with Gasteiger partial charge >= 0.3 is 0 Å². The Morgan fingerprint density at radius 1 is 1.00 bits per heavy atom. The van der Waals surface area contributed by atoms with E-state index in [1.807, 2.05) is 0 Å². The molecule has 2 rings (SSSR count). The van der Waals surface area contributed by atoms with E-state index in [1.165, 1.54) is 84.0 Å². The summed E-state index contributed by atoms with van der Waals surface area (Å²) < 4.78 is 0. The van der Waals surface area contributed by atoms with Gasteiger partial charge in [-0.25, -0.2) is 0 Å². The second kappa shape index (κ2) is 8.16. The van der Waals surface area contributed by atoms with Gasteiger partial charge in [-0.05, 0) is 51.1 Å². The fourth-order valence-electron chi connectivity index (χ4n) is 3.09. The highest BCUT2D eigenvalue weighted by Crippen LogP contribution is 2.30. The Balaban J connectivity index is 1.60. The Morgan fingerprint density at radius 3 is 2.50 bits per heavy atom. The molecular weight excluding hydrogens is 220 g/mol. The normalized spacial score (nSPS) is 24.0. The molecule has 1 unspecified atom stereocenters. The molecule has 1 heterocycles. The maximum Gasteiger partial charge on any atom is 0.0195 e. The Morgan fingerprint density at radius 2 is 1.83 bits per heavy atom. The topological polar surface area (TPSA) is 15.3 Å². The summed E-state index contributed by atoms with van der Waals surface area (Å²) in [6.45, 7) is 7.58. The molecule has 1 atom stereocenters. The fourth-order valence-corrected chi connectivity index (χ4v) is 3.09. The lowest BCUT2D eigenvalue weighted by atomic mass is 10.1. The zero-order chi connectivity index (χ0) is 12.6. The summed E-state index contributed by atoms with van der Waals surface area (Å²) in [7, 11) is 0. The molecule has 0 spiro atoms. The van der Waals surface area contributed by atoms with Crippen LogP contribution in [0.4, 0.5) is 0 Å². The van der Waals surface area contributed by atoms with E-state index in [2.05, 4.69) is 17.1 Å². The van der Waals surface area contributed by atoms with E-state index in [-0.39, 0.29) is 0 Å². The predicted octanol–water partition coefficient (Wildman–Crippen LogP) is 3.42. The van der Waals surface area contributed by atoms with Crippen molar-refractivity contribution in [2.24, 2.45) is 5.92 Å². The molecule has 1 N–H and O–H groups in total. The number of hydrogen-bond acceptors (Lipinski definition) is 2. The molecule has 2 nitrogen and oxygen atoms in total. The van der Waals surface area contributed by atoms with Crippen LogP contribution in [0.3, 0.4) is 0 Å². The molecular formula is C16H32N2. The number of unbranched alkanes of at least 4 members (excludes halogenated alkanes) is 4. The van der Waals surface area contributed by atoms with Crippen LogP contribution < -0.4 is 5.32 Å². The predicted molar refractivity (Wildman–Crippen MR) is 78.9 cm³/mol. The van der Waals surface area contributed by atoms with Crippen LogP contribution in [0.2, 0.25) is 0 Å². The lowest BCUT2D eigenvalue weighted by Crippen LogP contribution is -2.39. The fraction of sp³-hybridized carbons (Fsp3) is 1.00. The highest BCUT2D eigenvalue weighted by Gasteiger charge is 2.26. The summed E-state index contributed by atoms with van der Waals surface area (Å²) in [6, 6.07) is 0.791. The van der Waals surface area contributed by atoms with Crippen molar-refractivity contribution in [3.8, 4) is 0 Å². The van der Waals surface area contributed by atoms with Gasteiger partial charge in [-0.2, -0.15) is 0 Å². The Kier molecular flexibility index (Phi) is 6.50. The van der Waals surface area contributed by atoms with Crippen LogP contribution in [0.25, 0.3) is 0 Å². The minimum atomic E-state index is 0.791. The molecule has 0 radical (unpaired) electrons. The number of nitrogens with one attached hydrogen (secondary N) is 1. The van der Waals surface area contributed by atoms with Crippen molar-refractivity contribution in [3.63, 3.8) is 0 Å². The minimum absolute atomic E-state index is 0.791. The first-order chi connectivity index (χ1) is 8.88. The summed E-state index contributed by atoms with van der Waals surface area (Å²) in [6.07, 6.45) is 12.8. The lowest BCUT2D eigenvalue weighted by molar-refractivity contribution is 0.234. The SMILES string of the molecule is CCCCCCCN(CC1CC1)CC1CCCN1. The van der Waals surface area contributed by atoms with Gasteiger partial charge in [0.2, 0.25) is 0 Å². The first-order valence-corrected chi connectivity index (χ1v) is 8.34. The molecule has 2 heteroatoms. The van der Waals surface area contributed by atoms with Gasteiger partial charge in [0.25, 0.3) is 0 Å². The van der Waals surface area contributed by atoms with Crippen molar-refractivity contribution in [1.82, 2.24) is 10.2 Å². The zero-order valence-corrected chi connectivity index (χ0v) is 12.3. The van der Waals surface area contributed by atoms with Gasteiger partial charge in [-0.15, -0.1) is 0 Å². The average Bonchev–Trinajstić information content (AvgIpc) is 3.03. The molecule has 2 aliphatic rings. The van der Waals surface area contributed by atoms with Crippen molar-refractivity contribution in [3.05, 3.63) is 0 Å². The quantitative estimate of drug-likeness (QED) is 0.599. The van der Waals surface area contributed by atoms with E-state index in [0.717, 1.165) is 12.0 Å². The molecule has 106 valence electrons. The van der Waals surface area contributed by atoms with Crippen LogP contribution in [0, 0.1) is 5.92 Å². The number of hydrogen-bond donors (Lipinski definition) is 1. The van der Waals surface area contributed by atoms with Crippen LogP contribution in [0.1, 0.15) is 64.7 Å². The molecule has 0 aromatic rings. The van der Waals surface area contributed by atoms with Crippen LogP contribution in [0.5, 0.6) is 0 Å². The van der Waals surface area contributed by atoms with E-state index < -0.39 is 0 Å². The molecule has 18 heavy (non-hydrogen) atoms. The summed E-state index contributed by atoms with van der Waals surface area (Å²) in [5.41, 5.74) is 0. The third-order valence-corrected chi connectivity index (χ3v) is 4.43. The Labute approximate surface area is 114 Å². The van der Waals surface area contributed by atoms with Crippen molar-refractivity contribution < 1.29 is 0 Å². The molecule has 1 saturated heterocycles. The second-order valence-corrected chi connectivity index (χ2v) is 6.41. The molecule has 0 bridgehead atoms. The van der Waals surface area contributed by atoms with Gasteiger partial charge in [0, 0.05) is 19.1 Å². The Bertz CT molecular complexity index is 207. The van der Waals surface area contributed by atoms with Gasteiger partial charge < -0.3 is 10.2 Å². The third-order valence-electron chi connectivity index (χ3n) is 4.43.